The van der Waals surface area contributed by atoms with E-state index in [1.807, 2.05) is 19.1 Å². The van der Waals surface area contributed by atoms with E-state index in [0.29, 0.717) is 27.7 Å². The van der Waals surface area contributed by atoms with Crippen molar-refractivity contribution in [1.29, 1.82) is 0 Å². The van der Waals surface area contributed by atoms with Gasteiger partial charge in [-0.25, -0.2) is 4.98 Å². The lowest BCUT2D eigenvalue weighted by Gasteiger charge is -2.00. The summed E-state index contributed by atoms with van der Waals surface area (Å²) in [4.78, 5) is 7.20. The van der Waals surface area contributed by atoms with Gasteiger partial charge in [0.05, 0.1) is 0 Å². The highest BCUT2D eigenvalue weighted by Crippen LogP contribution is 2.30. The minimum absolute atomic E-state index is 0.469. The number of hydrogen-bond donors (Lipinski definition) is 0. The lowest BCUT2D eigenvalue weighted by molar-refractivity contribution is 0.620. The van der Waals surface area contributed by atoms with E-state index in [9.17, 15) is 0 Å². The van der Waals surface area contributed by atoms with Gasteiger partial charge in [-0.3, -0.25) is 0 Å². The van der Waals surface area contributed by atoms with Crippen molar-refractivity contribution in [1.82, 2.24) is 4.98 Å². The maximum Gasteiger partial charge on any atom is 0.227 e. The van der Waals surface area contributed by atoms with Crippen LogP contribution in [0.25, 0.3) is 33.0 Å². The summed E-state index contributed by atoms with van der Waals surface area (Å²) < 4.78 is 5.68. The molecule has 0 saturated carbocycles. The zero-order valence-corrected chi connectivity index (χ0v) is 11.3. The van der Waals surface area contributed by atoms with Crippen molar-refractivity contribution in [2.45, 2.75) is 6.92 Å². The molecule has 5 nitrogen and oxygen atoms in total. The van der Waals surface area contributed by atoms with Gasteiger partial charge in [0.15, 0.2) is 5.58 Å². The molecule has 0 N–H and O–H groups in total. The van der Waals surface area contributed by atoms with E-state index in [1.165, 1.54) is 0 Å². The molecule has 0 bridgehead atoms. The summed E-state index contributed by atoms with van der Waals surface area (Å²) in [6, 6.07) is 10.8. The van der Waals surface area contributed by atoms with Crippen molar-refractivity contribution in [3.8, 4) is 11.5 Å². The van der Waals surface area contributed by atoms with Gasteiger partial charge >= 0.3 is 0 Å². The molecule has 1 aromatic heterocycles. The maximum atomic E-state index is 8.56. The van der Waals surface area contributed by atoms with Crippen LogP contribution in [0.4, 0.5) is 5.69 Å². The number of azide groups is 1. The highest BCUT2D eigenvalue weighted by atomic mass is 35.5. The van der Waals surface area contributed by atoms with Crippen molar-refractivity contribution < 1.29 is 4.42 Å². The maximum absolute atomic E-state index is 8.56. The minimum Gasteiger partial charge on any atom is -0.436 e. The van der Waals surface area contributed by atoms with E-state index in [-0.39, 0.29) is 0 Å². The highest BCUT2D eigenvalue weighted by molar-refractivity contribution is 6.31. The highest BCUT2D eigenvalue weighted by Gasteiger charge is 2.09. The number of aromatic nitrogens is 1. The third kappa shape index (κ3) is 2.20. The first-order valence-electron chi connectivity index (χ1n) is 5.89. The standard InChI is InChI=1S/C14H9ClN4O/c1-8-2-3-9(6-11(8)18-19-16)14-17-12-7-10(15)4-5-13(12)20-14/h2-7H,1H3. The quantitative estimate of drug-likeness (QED) is 0.359. The van der Waals surface area contributed by atoms with Crippen LogP contribution in [0.1, 0.15) is 5.56 Å². The molecule has 0 radical (unpaired) electrons. The van der Waals surface area contributed by atoms with E-state index in [2.05, 4.69) is 15.0 Å². The van der Waals surface area contributed by atoms with Gasteiger partial charge < -0.3 is 4.42 Å². The van der Waals surface area contributed by atoms with Crippen LogP contribution in [0.5, 0.6) is 0 Å². The summed E-state index contributed by atoms with van der Waals surface area (Å²) >= 11 is 5.92. The predicted molar refractivity (Wildman–Crippen MR) is 78.0 cm³/mol. The smallest absolute Gasteiger partial charge is 0.227 e. The molecule has 6 heteroatoms. The molecule has 20 heavy (non-hydrogen) atoms. The topological polar surface area (TPSA) is 74.8 Å². The second-order valence-corrected chi connectivity index (χ2v) is 4.76. The molecule has 0 aliphatic heterocycles. The van der Waals surface area contributed by atoms with Gasteiger partial charge in [0.2, 0.25) is 5.89 Å². The molecule has 1 heterocycles. The monoisotopic (exact) mass is 284 g/mol. The van der Waals surface area contributed by atoms with E-state index in [1.54, 1.807) is 24.3 Å². The Morgan fingerprint density at radius 1 is 1.25 bits per heavy atom. The lowest BCUT2D eigenvalue weighted by Crippen LogP contribution is -1.79. The molecule has 0 fully saturated rings. The fraction of sp³-hybridized carbons (Fsp3) is 0.0714. The molecule has 0 aliphatic rings. The first-order valence-corrected chi connectivity index (χ1v) is 6.27. The molecule has 3 rings (SSSR count). The normalized spacial score (nSPS) is 10.5. The number of nitrogens with zero attached hydrogens (tertiary/aromatic N) is 4. The van der Waals surface area contributed by atoms with Gasteiger partial charge in [-0.05, 0) is 48.4 Å². The van der Waals surface area contributed by atoms with E-state index in [0.717, 1.165) is 11.1 Å². The number of rotatable bonds is 2. The Labute approximate surface area is 119 Å². The average molecular weight is 285 g/mol. The zero-order valence-electron chi connectivity index (χ0n) is 10.5. The Bertz CT molecular complexity index is 850. The Hall–Kier alpha value is -2.49. The van der Waals surface area contributed by atoms with E-state index >= 15 is 0 Å². The van der Waals surface area contributed by atoms with Gasteiger partial charge in [-0.1, -0.05) is 22.8 Å². The molecule has 0 aliphatic carbocycles. The van der Waals surface area contributed by atoms with Gasteiger partial charge in [0, 0.05) is 21.2 Å². The number of benzene rings is 2. The zero-order chi connectivity index (χ0) is 14.1. The third-order valence-corrected chi connectivity index (χ3v) is 3.19. The van der Waals surface area contributed by atoms with Gasteiger partial charge in [0.1, 0.15) is 5.52 Å². The van der Waals surface area contributed by atoms with Crippen LogP contribution in [-0.4, -0.2) is 4.98 Å². The van der Waals surface area contributed by atoms with Crippen LogP contribution in [0.3, 0.4) is 0 Å². The fourth-order valence-corrected chi connectivity index (χ4v) is 2.09. The molecule has 0 unspecified atom stereocenters. The van der Waals surface area contributed by atoms with Crippen molar-refractivity contribution >= 4 is 28.4 Å². The Morgan fingerprint density at radius 3 is 2.90 bits per heavy atom. The third-order valence-electron chi connectivity index (χ3n) is 2.96. The summed E-state index contributed by atoms with van der Waals surface area (Å²) in [5, 5.41) is 4.26. The van der Waals surface area contributed by atoms with Crippen molar-refractivity contribution in [3.05, 3.63) is 57.4 Å². The number of hydrogen-bond acceptors (Lipinski definition) is 3. The van der Waals surface area contributed by atoms with E-state index < -0.39 is 0 Å². The molecule has 2 aromatic carbocycles. The van der Waals surface area contributed by atoms with Crippen LogP contribution < -0.4 is 0 Å². The summed E-state index contributed by atoms with van der Waals surface area (Å²) in [6.07, 6.45) is 0. The Kier molecular flexibility index (Phi) is 3.06. The number of halogens is 1. The second kappa shape index (κ2) is 4.89. The van der Waals surface area contributed by atoms with Gasteiger partial charge in [-0.15, -0.1) is 0 Å². The number of aryl methyl sites for hydroxylation is 1. The van der Waals surface area contributed by atoms with Crippen LogP contribution in [0, 0.1) is 6.92 Å². The first-order chi connectivity index (χ1) is 9.67. The van der Waals surface area contributed by atoms with Crippen molar-refractivity contribution in [3.63, 3.8) is 0 Å². The molecular weight excluding hydrogens is 276 g/mol. The van der Waals surface area contributed by atoms with Crippen molar-refractivity contribution in [2.75, 3.05) is 0 Å². The predicted octanol–water partition coefficient (Wildman–Crippen LogP) is 5.40. The molecular formula is C14H9ClN4O. The van der Waals surface area contributed by atoms with Crippen molar-refractivity contribution in [2.24, 2.45) is 5.11 Å². The molecule has 0 amide bonds. The van der Waals surface area contributed by atoms with Crippen LogP contribution in [-0.2, 0) is 0 Å². The SMILES string of the molecule is Cc1ccc(-c2nc3cc(Cl)ccc3o2)cc1N=[N+]=[N-]. The largest absolute Gasteiger partial charge is 0.436 e. The summed E-state index contributed by atoms with van der Waals surface area (Å²) in [5.74, 6) is 0.469. The summed E-state index contributed by atoms with van der Waals surface area (Å²) in [7, 11) is 0. The molecule has 0 spiro atoms. The van der Waals surface area contributed by atoms with Crippen LogP contribution >= 0.6 is 11.6 Å². The molecule has 0 atom stereocenters. The lowest BCUT2D eigenvalue weighted by atomic mass is 10.1. The van der Waals surface area contributed by atoms with E-state index in [4.69, 9.17) is 21.5 Å². The Balaban J connectivity index is 2.15. The van der Waals surface area contributed by atoms with Crippen LogP contribution in [0.15, 0.2) is 45.9 Å². The number of oxazole rings is 1. The second-order valence-electron chi connectivity index (χ2n) is 4.32. The Morgan fingerprint density at radius 2 is 2.10 bits per heavy atom. The van der Waals surface area contributed by atoms with Crippen LogP contribution in [0.2, 0.25) is 5.02 Å². The number of fused-ring (bicyclic) bond motifs is 1. The first kappa shape index (κ1) is 12.5. The van der Waals surface area contributed by atoms with Gasteiger partial charge in [0.25, 0.3) is 0 Å². The summed E-state index contributed by atoms with van der Waals surface area (Å²) in [5.41, 5.74) is 12.1. The molecule has 3 aromatic rings. The summed E-state index contributed by atoms with van der Waals surface area (Å²) in [6.45, 7) is 1.87. The minimum atomic E-state index is 0.469. The van der Waals surface area contributed by atoms with Gasteiger partial charge in [-0.2, -0.15) is 0 Å². The fourth-order valence-electron chi connectivity index (χ4n) is 1.92. The molecule has 0 saturated heterocycles. The molecule has 98 valence electrons. The average Bonchev–Trinajstić information content (AvgIpc) is 2.84.